The van der Waals surface area contributed by atoms with Crippen LogP contribution in [0.3, 0.4) is 0 Å². The molecular formula is C16H18F3N3O2. The van der Waals surface area contributed by atoms with Gasteiger partial charge in [-0.3, -0.25) is 9.89 Å². The largest absolute Gasteiger partial charge is 0.497 e. The van der Waals surface area contributed by atoms with Gasteiger partial charge in [-0.05, 0) is 31.5 Å². The van der Waals surface area contributed by atoms with E-state index in [-0.39, 0.29) is 12.0 Å². The fourth-order valence-electron chi connectivity index (χ4n) is 2.36. The van der Waals surface area contributed by atoms with Gasteiger partial charge in [-0.15, -0.1) is 0 Å². The molecule has 1 aromatic heterocycles. The van der Waals surface area contributed by atoms with Crippen molar-refractivity contribution in [1.29, 1.82) is 0 Å². The van der Waals surface area contributed by atoms with Gasteiger partial charge in [-0.25, -0.2) is 0 Å². The second kappa shape index (κ2) is 6.94. The maximum Gasteiger partial charge on any atom is 0.412 e. The standard InChI is InChI=1S/C16H18F3N3O2/c1-9-13(10(2)22-21-9)8-14(23)20-15(16(17,18)19)11-4-6-12(24-3)7-5-11/h4-7,15H,8H2,1-3H3,(H,20,23)(H,21,22). The van der Waals surface area contributed by atoms with Gasteiger partial charge in [0.15, 0.2) is 6.04 Å². The lowest BCUT2D eigenvalue weighted by Gasteiger charge is -2.22. The molecule has 130 valence electrons. The number of alkyl halides is 3. The number of nitrogens with one attached hydrogen (secondary N) is 2. The minimum atomic E-state index is -4.61. The van der Waals surface area contributed by atoms with Gasteiger partial charge >= 0.3 is 6.18 Å². The van der Waals surface area contributed by atoms with E-state index in [1.165, 1.54) is 31.4 Å². The molecular weight excluding hydrogens is 323 g/mol. The van der Waals surface area contributed by atoms with E-state index in [1.807, 2.05) is 0 Å². The molecule has 0 saturated carbocycles. The molecule has 2 aromatic rings. The minimum Gasteiger partial charge on any atom is -0.497 e. The monoisotopic (exact) mass is 341 g/mol. The summed E-state index contributed by atoms with van der Waals surface area (Å²) < 4.78 is 44.9. The Bertz CT molecular complexity index is 689. The molecule has 0 spiro atoms. The number of nitrogens with zero attached hydrogens (tertiary/aromatic N) is 1. The molecule has 0 aliphatic heterocycles. The second-order valence-electron chi connectivity index (χ2n) is 5.40. The van der Waals surface area contributed by atoms with Crippen LogP contribution in [0.2, 0.25) is 0 Å². The Morgan fingerprint density at radius 1 is 1.29 bits per heavy atom. The Morgan fingerprint density at radius 2 is 1.92 bits per heavy atom. The third kappa shape index (κ3) is 4.06. The zero-order chi connectivity index (χ0) is 17.9. The number of aryl methyl sites for hydroxylation is 2. The van der Waals surface area contributed by atoms with Crippen molar-refractivity contribution < 1.29 is 22.7 Å². The van der Waals surface area contributed by atoms with E-state index >= 15 is 0 Å². The molecule has 1 amide bonds. The number of ether oxygens (including phenoxy) is 1. The Morgan fingerprint density at radius 3 is 2.38 bits per heavy atom. The smallest absolute Gasteiger partial charge is 0.412 e. The molecule has 1 aromatic carbocycles. The lowest BCUT2D eigenvalue weighted by molar-refractivity contribution is -0.163. The predicted octanol–water partition coefficient (Wildman–Crippen LogP) is 3.00. The number of aromatic amines is 1. The normalized spacial score (nSPS) is 12.8. The number of benzene rings is 1. The van der Waals surface area contributed by atoms with Crippen molar-refractivity contribution in [3.05, 3.63) is 46.8 Å². The first-order valence-electron chi connectivity index (χ1n) is 7.23. The maximum absolute atomic E-state index is 13.3. The molecule has 0 radical (unpaired) electrons. The molecule has 24 heavy (non-hydrogen) atoms. The third-order valence-electron chi connectivity index (χ3n) is 3.70. The molecule has 8 heteroatoms. The molecule has 0 bridgehead atoms. The van der Waals surface area contributed by atoms with Crippen LogP contribution in [0.1, 0.15) is 28.6 Å². The number of amides is 1. The summed E-state index contributed by atoms with van der Waals surface area (Å²) in [5.74, 6) is -0.281. The highest BCUT2D eigenvalue weighted by Gasteiger charge is 2.41. The number of carbonyl (C=O) groups is 1. The highest BCUT2D eigenvalue weighted by Crippen LogP contribution is 2.33. The SMILES string of the molecule is COc1ccc(C(NC(=O)Cc2c(C)n[nH]c2C)C(F)(F)F)cc1. The Balaban J connectivity index is 2.18. The van der Waals surface area contributed by atoms with Gasteiger partial charge in [0.2, 0.25) is 5.91 Å². The number of halogens is 3. The van der Waals surface area contributed by atoms with Crippen LogP contribution in [-0.2, 0) is 11.2 Å². The lowest BCUT2D eigenvalue weighted by atomic mass is 10.0. The number of hydrogen-bond donors (Lipinski definition) is 2. The molecule has 0 aliphatic rings. The fourth-order valence-corrected chi connectivity index (χ4v) is 2.36. The summed E-state index contributed by atoms with van der Waals surface area (Å²) in [7, 11) is 1.42. The molecule has 5 nitrogen and oxygen atoms in total. The molecule has 2 rings (SSSR count). The zero-order valence-corrected chi connectivity index (χ0v) is 13.5. The lowest BCUT2D eigenvalue weighted by Crippen LogP contribution is -2.39. The highest BCUT2D eigenvalue weighted by atomic mass is 19.4. The van der Waals surface area contributed by atoms with Crippen LogP contribution in [0.4, 0.5) is 13.2 Å². The summed E-state index contributed by atoms with van der Waals surface area (Å²) in [4.78, 5) is 12.1. The summed E-state index contributed by atoms with van der Waals surface area (Å²) in [5.41, 5.74) is 1.80. The Kier molecular flexibility index (Phi) is 5.16. The second-order valence-corrected chi connectivity index (χ2v) is 5.40. The molecule has 2 N–H and O–H groups in total. The molecule has 0 fully saturated rings. The number of aromatic nitrogens is 2. The zero-order valence-electron chi connectivity index (χ0n) is 13.5. The van der Waals surface area contributed by atoms with E-state index in [0.717, 1.165) is 0 Å². The quantitative estimate of drug-likeness (QED) is 0.879. The Labute approximate surface area is 137 Å². The van der Waals surface area contributed by atoms with Crippen LogP contribution in [0, 0.1) is 13.8 Å². The van der Waals surface area contributed by atoms with Crippen molar-refractivity contribution in [2.75, 3.05) is 7.11 Å². The summed E-state index contributed by atoms with van der Waals surface area (Å²) >= 11 is 0. The van der Waals surface area contributed by atoms with E-state index in [4.69, 9.17) is 4.74 Å². The average molecular weight is 341 g/mol. The Hall–Kier alpha value is -2.51. The number of H-pyrrole nitrogens is 1. The average Bonchev–Trinajstić information content (AvgIpc) is 2.83. The van der Waals surface area contributed by atoms with Crippen molar-refractivity contribution in [3.63, 3.8) is 0 Å². The van der Waals surface area contributed by atoms with Gasteiger partial charge in [-0.2, -0.15) is 18.3 Å². The van der Waals surface area contributed by atoms with Crippen molar-refractivity contribution in [2.45, 2.75) is 32.5 Å². The molecule has 1 atom stereocenters. The van der Waals surface area contributed by atoms with Gasteiger partial charge in [0.1, 0.15) is 5.75 Å². The van der Waals surface area contributed by atoms with Crippen molar-refractivity contribution >= 4 is 5.91 Å². The molecule has 0 aliphatic carbocycles. The predicted molar refractivity (Wildman–Crippen MR) is 81.7 cm³/mol. The van der Waals surface area contributed by atoms with E-state index in [2.05, 4.69) is 15.5 Å². The number of methoxy groups -OCH3 is 1. The number of rotatable bonds is 5. The third-order valence-corrected chi connectivity index (χ3v) is 3.70. The van der Waals surface area contributed by atoms with Crippen LogP contribution in [0.5, 0.6) is 5.75 Å². The van der Waals surface area contributed by atoms with Crippen LogP contribution >= 0.6 is 0 Å². The highest BCUT2D eigenvalue weighted by molar-refractivity contribution is 5.79. The summed E-state index contributed by atoms with van der Waals surface area (Å²) in [5, 5.41) is 8.69. The summed E-state index contributed by atoms with van der Waals surface area (Å²) in [6.07, 6.45) is -4.78. The van der Waals surface area contributed by atoms with Crippen LogP contribution in [0.25, 0.3) is 0 Å². The van der Waals surface area contributed by atoms with Gasteiger partial charge in [0.25, 0.3) is 0 Å². The summed E-state index contributed by atoms with van der Waals surface area (Å²) in [6, 6.07) is 3.33. The number of carbonyl (C=O) groups excluding carboxylic acids is 1. The van der Waals surface area contributed by atoms with Gasteiger partial charge in [-0.1, -0.05) is 12.1 Å². The van der Waals surface area contributed by atoms with Gasteiger partial charge < -0.3 is 10.1 Å². The minimum absolute atomic E-state index is 0.0581. The topological polar surface area (TPSA) is 67.0 Å². The van der Waals surface area contributed by atoms with Crippen LogP contribution in [-0.4, -0.2) is 29.4 Å². The number of hydrogen-bond acceptors (Lipinski definition) is 3. The fraction of sp³-hybridized carbons (Fsp3) is 0.375. The summed E-state index contributed by atoms with van der Waals surface area (Å²) in [6.45, 7) is 3.41. The van der Waals surface area contributed by atoms with Crippen molar-refractivity contribution in [3.8, 4) is 5.75 Å². The molecule has 1 unspecified atom stereocenters. The van der Waals surface area contributed by atoms with E-state index in [9.17, 15) is 18.0 Å². The first-order chi connectivity index (χ1) is 11.2. The van der Waals surface area contributed by atoms with Crippen LogP contribution in [0.15, 0.2) is 24.3 Å². The molecule has 0 saturated heterocycles. The van der Waals surface area contributed by atoms with Gasteiger partial charge in [0.05, 0.1) is 19.2 Å². The van der Waals surface area contributed by atoms with E-state index < -0.39 is 18.1 Å². The maximum atomic E-state index is 13.3. The van der Waals surface area contributed by atoms with Crippen molar-refractivity contribution in [2.24, 2.45) is 0 Å². The molecule has 1 heterocycles. The van der Waals surface area contributed by atoms with Gasteiger partial charge in [0, 0.05) is 11.3 Å². The van der Waals surface area contributed by atoms with Crippen molar-refractivity contribution in [1.82, 2.24) is 15.5 Å². The first-order valence-corrected chi connectivity index (χ1v) is 7.23. The first kappa shape index (κ1) is 17.8. The van der Waals surface area contributed by atoms with E-state index in [1.54, 1.807) is 13.8 Å². The van der Waals surface area contributed by atoms with Crippen LogP contribution < -0.4 is 10.1 Å². The van der Waals surface area contributed by atoms with E-state index in [0.29, 0.717) is 22.7 Å².